The molecule has 154 valence electrons. The fraction of sp³-hybridized carbons (Fsp3) is 0.364. The second-order valence-electron chi connectivity index (χ2n) is 7.56. The normalized spacial score (nSPS) is 16.0. The van der Waals surface area contributed by atoms with Gasteiger partial charge in [-0.25, -0.2) is 9.97 Å². The fourth-order valence-corrected chi connectivity index (χ4v) is 3.43. The highest BCUT2D eigenvalue weighted by atomic mass is 16.5. The minimum Gasteiger partial charge on any atom is -0.490 e. The van der Waals surface area contributed by atoms with E-state index in [0.717, 1.165) is 17.5 Å². The van der Waals surface area contributed by atoms with E-state index in [1.165, 1.54) is 0 Å². The summed E-state index contributed by atoms with van der Waals surface area (Å²) >= 11 is 0. The molecule has 1 aromatic carbocycles. The monoisotopic (exact) mass is 406 g/mol. The van der Waals surface area contributed by atoms with Gasteiger partial charge in [-0.3, -0.25) is 4.79 Å². The summed E-state index contributed by atoms with van der Waals surface area (Å²) in [7, 11) is 0. The van der Waals surface area contributed by atoms with Crippen molar-refractivity contribution < 1.29 is 18.7 Å². The summed E-state index contributed by atoms with van der Waals surface area (Å²) in [5, 5.41) is 13.9. The Morgan fingerprint density at radius 3 is 2.83 bits per heavy atom. The highest BCUT2D eigenvalue weighted by Gasteiger charge is 2.23. The number of fused-ring (bicyclic) bond motifs is 1. The molecule has 1 aliphatic rings. The zero-order valence-corrected chi connectivity index (χ0v) is 17.1. The SMILES string of the molecule is Cc1coc(-c2cnc(OCC3CCC(=O)N3)c3cc(OC(C)C)c(C#N)cc23)n1. The second kappa shape index (κ2) is 8.03. The summed E-state index contributed by atoms with van der Waals surface area (Å²) in [5.74, 6) is 1.31. The predicted molar refractivity (Wildman–Crippen MR) is 109 cm³/mol. The first kappa shape index (κ1) is 19.7. The lowest BCUT2D eigenvalue weighted by molar-refractivity contribution is -0.119. The number of nitriles is 1. The molecule has 1 N–H and O–H groups in total. The lowest BCUT2D eigenvalue weighted by atomic mass is 10.0. The van der Waals surface area contributed by atoms with Crippen molar-refractivity contribution in [2.45, 2.75) is 45.8 Å². The Labute approximate surface area is 173 Å². The van der Waals surface area contributed by atoms with Crippen LogP contribution in [-0.4, -0.2) is 34.6 Å². The molecule has 8 heteroatoms. The third kappa shape index (κ3) is 3.92. The van der Waals surface area contributed by atoms with Crippen molar-refractivity contribution in [3.63, 3.8) is 0 Å². The third-order valence-corrected chi connectivity index (χ3v) is 4.79. The van der Waals surface area contributed by atoms with Crippen LogP contribution in [-0.2, 0) is 4.79 Å². The summed E-state index contributed by atoms with van der Waals surface area (Å²) in [4.78, 5) is 20.3. The largest absolute Gasteiger partial charge is 0.490 e. The quantitative estimate of drug-likeness (QED) is 0.667. The highest BCUT2D eigenvalue weighted by Crippen LogP contribution is 2.37. The van der Waals surface area contributed by atoms with E-state index in [1.54, 1.807) is 24.6 Å². The average Bonchev–Trinajstić information content (AvgIpc) is 3.33. The van der Waals surface area contributed by atoms with Crippen LogP contribution in [0.5, 0.6) is 11.6 Å². The average molecular weight is 406 g/mol. The van der Waals surface area contributed by atoms with Crippen molar-refractivity contribution >= 4 is 16.7 Å². The molecule has 1 saturated heterocycles. The summed E-state index contributed by atoms with van der Waals surface area (Å²) in [5.41, 5.74) is 1.81. The molecule has 30 heavy (non-hydrogen) atoms. The third-order valence-electron chi connectivity index (χ3n) is 4.79. The Hall–Kier alpha value is -3.60. The number of rotatable bonds is 6. The van der Waals surface area contributed by atoms with Gasteiger partial charge in [0.1, 0.15) is 24.7 Å². The van der Waals surface area contributed by atoms with Crippen molar-refractivity contribution in [2.24, 2.45) is 0 Å². The van der Waals surface area contributed by atoms with Crippen LogP contribution >= 0.6 is 0 Å². The van der Waals surface area contributed by atoms with Gasteiger partial charge >= 0.3 is 0 Å². The molecule has 0 aliphatic carbocycles. The molecule has 1 aliphatic heterocycles. The predicted octanol–water partition coefficient (Wildman–Crippen LogP) is 3.51. The van der Waals surface area contributed by atoms with E-state index >= 15 is 0 Å². The molecule has 3 heterocycles. The van der Waals surface area contributed by atoms with Crippen LogP contribution in [0.1, 0.15) is 37.9 Å². The van der Waals surface area contributed by atoms with E-state index < -0.39 is 0 Å². The van der Waals surface area contributed by atoms with Gasteiger partial charge in [-0.1, -0.05) is 0 Å². The molecule has 0 bridgehead atoms. The van der Waals surface area contributed by atoms with Crippen LogP contribution in [0.4, 0.5) is 0 Å². The molecule has 1 amide bonds. The molecule has 1 fully saturated rings. The van der Waals surface area contributed by atoms with Gasteiger partial charge in [-0.2, -0.15) is 5.26 Å². The molecule has 2 aromatic heterocycles. The number of carbonyl (C=O) groups excluding carboxylic acids is 1. The number of hydrogen-bond acceptors (Lipinski definition) is 7. The first-order valence-corrected chi connectivity index (χ1v) is 9.82. The van der Waals surface area contributed by atoms with Crippen LogP contribution in [0, 0.1) is 18.3 Å². The number of aromatic nitrogens is 2. The maximum absolute atomic E-state index is 11.5. The van der Waals surface area contributed by atoms with Gasteiger partial charge in [0, 0.05) is 23.4 Å². The summed E-state index contributed by atoms with van der Waals surface area (Å²) in [6, 6.07) is 5.66. The number of carbonyl (C=O) groups is 1. The van der Waals surface area contributed by atoms with Gasteiger partial charge < -0.3 is 19.2 Å². The van der Waals surface area contributed by atoms with E-state index in [4.69, 9.17) is 13.9 Å². The Morgan fingerprint density at radius 1 is 1.37 bits per heavy atom. The summed E-state index contributed by atoms with van der Waals surface area (Å²) < 4.78 is 17.4. The Morgan fingerprint density at radius 2 is 2.20 bits per heavy atom. The zero-order chi connectivity index (χ0) is 21.3. The number of ether oxygens (including phenoxy) is 2. The molecule has 1 unspecified atom stereocenters. The van der Waals surface area contributed by atoms with E-state index in [2.05, 4.69) is 21.4 Å². The van der Waals surface area contributed by atoms with E-state index in [1.807, 2.05) is 20.8 Å². The maximum atomic E-state index is 11.5. The van der Waals surface area contributed by atoms with Crippen molar-refractivity contribution in [2.75, 3.05) is 6.61 Å². The van der Waals surface area contributed by atoms with Crippen LogP contribution in [0.2, 0.25) is 0 Å². The number of nitrogens with one attached hydrogen (secondary N) is 1. The van der Waals surface area contributed by atoms with Gasteiger partial charge in [0.25, 0.3) is 0 Å². The summed E-state index contributed by atoms with van der Waals surface area (Å²) in [6.45, 7) is 5.95. The van der Waals surface area contributed by atoms with Crippen molar-refractivity contribution in [1.29, 1.82) is 5.26 Å². The minimum atomic E-state index is -0.0989. The molecule has 4 rings (SSSR count). The maximum Gasteiger partial charge on any atom is 0.228 e. The molecule has 0 spiro atoms. The number of aryl methyl sites for hydroxylation is 1. The Balaban J connectivity index is 1.80. The van der Waals surface area contributed by atoms with Crippen molar-refractivity contribution in [1.82, 2.24) is 15.3 Å². The highest BCUT2D eigenvalue weighted by molar-refractivity contribution is 5.99. The van der Waals surface area contributed by atoms with Crippen molar-refractivity contribution in [3.8, 4) is 29.2 Å². The number of pyridine rings is 1. The number of hydrogen-bond donors (Lipinski definition) is 1. The lowest BCUT2D eigenvalue weighted by Crippen LogP contribution is -2.31. The standard InChI is InChI=1S/C22H22N4O4/c1-12(2)30-19-7-17-16(6-14(19)8-23)18(22-25-13(3)10-28-22)9-24-21(17)29-11-15-4-5-20(27)26-15/h6-7,9-10,12,15H,4-5,11H2,1-3H3,(H,26,27). The van der Waals surface area contributed by atoms with Gasteiger partial charge in [-0.15, -0.1) is 0 Å². The first-order chi connectivity index (χ1) is 14.4. The number of benzene rings is 1. The molecule has 1 atom stereocenters. The zero-order valence-electron chi connectivity index (χ0n) is 17.1. The molecular formula is C22H22N4O4. The van der Waals surface area contributed by atoms with Gasteiger partial charge in [0.05, 0.1) is 29.0 Å². The molecule has 0 radical (unpaired) electrons. The Bertz CT molecular complexity index is 1150. The number of amides is 1. The van der Waals surface area contributed by atoms with Gasteiger partial charge in [-0.05, 0) is 39.3 Å². The van der Waals surface area contributed by atoms with Crippen molar-refractivity contribution in [3.05, 3.63) is 35.9 Å². The smallest absolute Gasteiger partial charge is 0.228 e. The first-order valence-electron chi connectivity index (χ1n) is 9.82. The van der Waals surface area contributed by atoms with Crippen LogP contribution in [0.3, 0.4) is 0 Å². The van der Waals surface area contributed by atoms with E-state index in [-0.39, 0.29) is 18.1 Å². The molecular weight excluding hydrogens is 384 g/mol. The molecule has 3 aromatic rings. The van der Waals surface area contributed by atoms with E-state index in [9.17, 15) is 10.1 Å². The number of nitrogens with zero attached hydrogens (tertiary/aromatic N) is 3. The van der Waals surface area contributed by atoms with E-state index in [0.29, 0.717) is 47.1 Å². The van der Waals surface area contributed by atoms with Gasteiger partial charge in [0.2, 0.25) is 17.7 Å². The Kier molecular flexibility index (Phi) is 5.27. The molecule has 8 nitrogen and oxygen atoms in total. The second-order valence-corrected chi connectivity index (χ2v) is 7.56. The number of oxazole rings is 1. The fourth-order valence-electron chi connectivity index (χ4n) is 3.43. The van der Waals surface area contributed by atoms with Crippen LogP contribution in [0.25, 0.3) is 22.2 Å². The topological polar surface area (TPSA) is 110 Å². The van der Waals surface area contributed by atoms with Crippen LogP contribution < -0.4 is 14.8 Å². The molecule has 0 saturated carbocycles. The van der Waals surface area contributed by atoms with Gasteiger partial charge in [0.15, 0.2) is 0 Å². The lowest BCUT2D eigenvalue weighted by Gasteiger charge is -2.16. The van der Waals surface area contributed by atoms with Crippen LogP contribution in [0.15, 0.2) is 29.0 Å². The summed E-state index contributed by atoms with van der Waals surface area (Å²) in [6.07, 6.45) is 4.32. The minimum absolute atomic E-state index is 0.0299.